The van der Waals surface area contributed by atoms with Crippen molar-refractivity contribution in [2.75, 3.05) is 0 Å². The molecule has 0 amide bonds. The zero-order valence-corrected chi connectivity index (χ0v) is 16.1. The number of benzene rings is 1. The van der Waals surface area contributed by atoms with Crippen molar-refractivity contribution in [3.8, 4) is 5.75 Å². The van der Waals surface area contributed by atoms with Gasteiger partial charge in [0.25, 0.3) is 0 Å². The molecule has 0 aliphatic heterocycles. The minimum absolute atomic E-state index is 0.131. The molecule has 0 saturated heterocycles. The van der Waals surface area contributed by atoms with Gasteiger partial charge in [-0.25, -0.2) is 4.79 Å². The zero-order chi connectivity index (χ0) is 19.4. The molecule has 1 unspecified atom stereocenters. The maximum absolute atomic E-state index is 12.5. The van der Waals surface area contributed by atoms with E-state index in [9.17, 15) is 14.4 Å². The fraction of sp³-hybridized carbons (Fsp3) is 0.550. The van der Waals surface area contributed by atoms with Crippen LogP contribution in [0.25, 0.3) is 0 Å². The van der Waals surface area contributed by atoms with Crippen molar-refractivity contribution in [2.24, 2.45) is 5.41 Å². The minimum Gasteiger partial charge on any atom is -0.451 e. The quantitative estimate of drug-likeness (QED) is 0.577. The standard InChI is InChI=1S/C20H28O5/c1-13(24-14(2)21)18(23)25-16-11-9-8-10-15(16)20(6,7)12-17(22)19(3,4)5/h8-11,13H,12H2,1-7H3. The van der Waals surface area contributed by atoms with Crippen LogP contribution in [0.5, 0.6) is 5.75 Å². The summed E-state index contributed by atoms with van der Waals surface area (Å²) in [6.45, 7) is 12.2. The molecule has 1 aromatic rings. The number of esters is 2. The van der Waals surface area contributed by atoms with Gasteiger partial charge in [-0.1, -0.05) is 52.8 Å². The van der Waals surface area contributed by atoms with Gasteiger partial charge < -0.3 is 9.47 Å². The van der Waals surface area contributed by atoms with Gasteiger partial charge in [-0.3, -0.25) is 9.59 Å². The van der Waals surface area contributed by atoms with Crippen LogP contribution >= 0.6 is 0 Å². The minimum atomic E-state index is -0.995. The Morgan fingerprint density at radius 3 is 2.12 bits per heavy atom. The van der Waals surface area contributed by atoms with Gasteiger partial charge in [0, 0.05) is 29.7 Å². The monoisotopic (exact) mass is 348 g/mol. The molecule has 0 bridgehead atoms. The molecule has 5 nitrogen and oxygen atoms in total. The predicted molar refractivity (Wildman–Crippen MR) is 95.4 cm³/mol. The molecule has 0 aliphatic rings. The smallest absolute Gasteiger partial charge is 0.352 e. The summed E-state index contributed by atoms with van der Waals surface area (Å²) in [5, 5.41) is 0. The number of rotatable bonds is 6. The van der Waals surface area contributed by atoms with Crippen molar-refractivity contribution in [2.45, 2.75) is 66.4 Å². The molecule has 1 rings (SSSR count). The van der Waals surface area contributed by atoms with Crippen LogP contribution in [0.2, 0.25) is 0 Å². The molecular formula is C20H28O5. The van der Waals surface area contributed by atoms with Gasteiger partial charge in [0.15, 0.2) is 6.10 Å². The summed E-state index contributed by atoms with van der Waals surface area (Å²) in [4.78, 5) is 35.6. The van der Waals surface area contributed by atoms with Gasteiger partial charge in [-0.2, -0.15) is 0 Å². The molecule has 0 aliphatic carbocycles. The van der Waals surface area contributed by atoms with Crippen molar-refractivity contribution in [1.82, 2.24) is 0 Å². The lowest BCUT2D eigenvalue weighted by atomic mass is 9.75. The number of Topliss-reactive ketones (excluding diaryl/α,β-unsaturated/α-hetero) is 1. The number of ketones is 1. The normalized spacial score (nSPS) is 13.1. The highest BCUT2D eigenvalue weighted by atomic mass is 16.6. The van der Waals surface area contributed by atoms with E-state index in [0.29, 0.717) is 12.2 Å². The lowest BCUT2D eigenvalue weighted by molar-refractivity contribution is -0.159. The second kappa shape index (κ2) is 7.81. The molecule has 5 heteroatoms. The van der Waals surface area contributed by atoms with Gasteiger partial charge in [-0.15, -0.1) is 0 Å². The molecule has 1 atom stereocenters. The molecule has 0 N–H and O–H groups in total. The number of hydrogen-bond donors (Lipinski definition) is 0. The molecular weight excluding hydrogens is 320 g/mol. The molecule has 0 fully saturated rings. The van der Waals surface area contributed by atoms with Gasteiger partial charge >= 0.3 is 11.9 Å². The highest BCUT2D eigenvalue weighted by Crippen LogP contribution is 2.36. The molecule has 0 spiro atoms. The van der Waals surface area contributed by atoms with E-state index >= 15 is 0 Å². The summed E-state index contributed by atoms with van der Waals surface area (Å²) < 4.78 is 10.3. The SMILES string of the molecule is CC(=O)OC(C)C(=O)Oc1ccccc1C(C)(C)CC(=O)C(C)(C)C. The summed E-state index contributed by atoms with van der Waals surface area (Å²) in [7, 11) is 0. The number of hydrogen-bond acceptors (Lipinski definition) is 5. The van der Waals surface area contributed by atoms with E-state index in [1.54, 1.807) is 12.1 Å². The summed E-state index contributed by atoms with van der Waals surface area (Å²) in [6.07, 6.45) is -0.672. The van der Waals surface area contributed by atoms with Gasteiger partial charge in [-0.05, 0) is 13.0 Å². The Hall–Kier alpha value is -2.17. The van der Waals surface area contributed by atoms with E-state index in [2.05, 4.69) is 0 Å². The van der Waals surface area contributed by atoms with Crippen LogP contribution in [0.1, 0.15) is 60.5 Å². The van der Waals surface area contributed by atoms with Crippen molar-refractivity contribution < 1.29 is 23.9 Å². The topological polar surface area (TPSA) is 69.7 Å². The Balaban J connectivity index is 3.05. The van der Waals surface area contributed by atoms with Crippen LogP contribution < -0.4 is 4.74 Å². The van der Waals surface area contributed by atoms with Crippen LogP contribution in [0.3, 0.4) is 0 Å². The van der Waals surface area contributed by atoms with Crippen LogP contribution in [-0.4, -0.2) is 23.8 Å². The molecule has 0 saturated carbocycles. The lowest BCUT2D eigenvalue weighted by Crippen LogP contribution is -2.31. The average molecular weight is 348 g/mol. The van der Waals surface area contributed by atoms with Gasteiger partial charge in [0.1, 0.15) is 11.5 Å². The third-order valence-electron chi connectivity index (χ3n) is 3.94. The fourth-order valence-corrected chi connectivity index (χ4v) is 2.36. The Kier molecular flexibility index (Phi) is 6.52. The Labute approximate surface area is 149 Å². The van der Waals surface area contributed by atoms with E-state index in [0.717, 1.165) is 5.56 Å². The first-order valence-electron chi connectivity index (χ1n) is 8.36. The summed E-state index contributed by atoms with van der Waals surface area (Å²) in [6, 6.07) is 7.11. The summed E-state index contributed by atoms with van der Waals surface area (Å²) >= 11 is 0. The molecule has 0 heterocycles. The number of ether oxygens (including phenoxy) is 2. The third kappa shape index (κ3) is 6.00. The molecule has 0 aromatic heterocycles. The van der Waals surface area contributed by atoms with E-state index in [4.69, 9.17) is 9.47 Å². The molecule has 1 aromatic carbocycles. The van der Waals surface area contributed by atoms with Crippen LogP contribution in [-0.2, 0) is 24.5 Å². The highest BCUT2D eigenvalue weighted by molar-refractivity contribution is 5.85. The van der Waals surface area contributed by atoms with Crippen molar-refractivity contribution in [1.29, 1.82) is 0 Å². The van der Waals surface area contributed by atoms with E-state index in [-0.39, 0.29) is 5.78 Å². The number of carbonyl (C=O) groups is 3. The van der Waals surface area contributed by atoms with Gasteiger partial charge in [0.2, 0.25) is 0 Å². The molecule has 25 heavy (non-hydrogen) atoms. The van der Waals surface area contributed by atoms with E-state index in [1.807, 2.05) is 46.8 Å². The first-order chi connectivity index (χ1) is 11.3. The summed E-state index contributed by atoms with van der Waals surface area (Å²) in [5.74, 6) is -0.695. The Bertz CT molecular complexity index is 652. The molecule has 138 valence electrons. The second-order valence-corrected chi connectivity index (χ2v) is 7.90. The van der Waals surface area contributed by atoms with Gasteiger partial charge in [0.05, 0.1) is 0 Å². The maximum atomic E-state index is 12.5. The lowest BCUT2D eigenvalue weighted by Gasteiger charge is -2.29. The fourth-order valence-electron chi connectivity index (χ4n) is 2.36. The average Bonchev–Trinajstić information content (AvgIpc) is 2.45. The third-order valence-corrected chi connectivity index (χ3v) is 3.94. The second-order valence-electron chi connectivity index (χ2n) is 7.90. The Morgan fingerprint density at radius 2 is 1.60 bits per heavy atom. The zero-order valence-electron chi connectivity index (χ0n) is 16.1. The number of para-hydroxylation sites is 1. The predicted octanol–water partition coefficient (Wildman–Crippen LogP) is 3.83. The maximum Gasteiger partial charge on any atom is 0.352 e. The first kappa shape index (κ1) is 20.9. The van der Waals surface area contributed by atoms with Crippen molar-refractivity contribution >= 4 is 17.7 Å². The van der Waals surface area contributed by atoms with E-state index < -0.39 is 28.9 Å². The summed E-state index contributed by atoms with van der Waals surface area (Å²) in [5.41, 5.74) is -0.186. The largest absolute Gasteiger partial charge is 0.451 e. The number of carbonyl (C=O) groups excluding carboxylic acids is 3. The molecule has 0 radical (unpaired) electrons. The van der Waals surface area contributed by atoms with Crippen molar-refractivity contribution in [3.63, 3.8) is 0 Å². The Morgan fingerprint density at radius 1 is 1.04 bits per heavy atom. The highest BCUT2D eigenvalue weighted by Gasteiger charge is 2.33. The van der Waals surface area contributed by atoms with Crippen LogP contribution in [0.4, 0.5) is 0 Å². The van der Waals surface area contributed by atoms with E-state index in [1.165, 1.54) is 13.8 Å². The van der Waals surface area contributed by atoms with Crippen LogP contribution in [0, 0.1) is 5.41 Å². The van der Waals surface area contributed by atoms with Crippen molar-refractivity contribution in [3.05, 3.63) is 29.8 Å². The first-order valence-corrected chi connectivity index (χ1v) is 8.36. The van der Waals surface area contributed by atoms with Crippen LogP contribution in [0.15, 0.2) is 24.3 Å².